The molecule has 0 aliphatic heterocycles. The van der Waals surface area contributed by atoms with Crippen molar-refractivity contribution in [1.82, 2.24) is 0 Å². The summed E-state index contributed by atoms with van der Waals surface area (Å²) < 4.78 is 15.8. The van der Waals surface area contributed by atoms with E-state index >= 15 is 0 Å². The maximum Gasteiger partial charge on any atom is 0.670 e. The molecule has 0 amide bonds. The number of oxime groups is 2. The second kappa shape index (κ2) is 7.40. The van der Waals surface area contributed by atoms with Gasteiger partial charge in [0.25, 0.3) is 0 Å². The van der Waals surface area contributed by atoms with Crippen molar-refractivity contribution in [2.24, 2.45) is 10.3 Å². The van der Waals surface area contributed by atoms with Gasteiger partial charge in [0.15, 0.2) is 0 Å². The van der Waals surface area contributed by atoms with Crippen LogP contribution in [0.2, 0.25) is 6.55 Å². The summed E-state index contributed by atoms with van der Waals surface area (Å²) in [5.74, 6) is 0. The molecule has 0 aromatic rings. The van der Waals surface area contributed by atoms with Crippen LogP contribution in [0.4, 0.5) is 0 Å². The smallest absolute Gasteiger partial charge is 0.383 e. The summed E-state index contributed by atoms with van der Waals surface area (Å²) in [6.45, 7) is 9.56. The summed E-state index contributed by atoms with van der Waals surface area (Å²) in [4.78, 5) is 0. The summed E-state index contributed by atoms with van der Waals surface area (Å²) in [6, 6.07) is 0. The number of hydrogen-bond donors (Lipinski definition) is 0. The Hall–Kier alpha value is -0.883. The first-order valence-corrected chi connectivity index (χ1v) is 7.68. The van der Waals surface area contributed by atoms with Crippen LogP contribution in [0, 0.1) is 0 Å². The van der Waals surface area contributed by atoms with E-state index in [4.69, 9.17) is 13.5 Å². The standard InChI is InChI=1S/C10H22N2O3Si/c1-7-9(3)11-14-16(6,13-5)15-12-10(4)8-2/h7-8H2,1-6H3. The van der Waals surface area contributed by atoms with Crippen LogP contribution in [0.3, 0.4) is 0 Å². The molecule has 0 aliphatic rings. The van der Waals surface area contributed by atoms with Gasteiger partial charge in [0.2, 0.25) is 0 Å². The summed E-state index contributed by atoms with van der Waals surface area (Å²) >= 11 is 0. The normalized spacial score (nSPS) is 16.9. The minimum atomic E-state index is -2.76. The van der Waals surface area contributed by atoms with Gasteiger partial charge in [0.05, 0.1) is 11.4 Å². The monoisotopic (exact) mass is 246 g/mol. The Morgan fingerprint density at radius 2 is 1.38 bits per heavy atom. The predicted molar refractivity (Wildman–Crippen MR) is 67.6 cm³/mol. The summed E-state index contributed by atoms with van der Waals surface area (Å²) in [5, 5.41) is 7.90. The molecule has 0 N–H and O–H groups in total. The molecule has 0 rings (SSSR count). The Bertz CT molecular complexity index is 245. The van der Waals surface area contributed by atoms with E-state index < -0.39 is 8.80 Å². The highest BCUT2D eigenvalue weighted by Crippen LogP contribution is 2.10. The van der Waals surface area contributed by atoms with Crippen molar-refractivity contribution in [1.29, 1.82) is 0 Å². The van der Waals surface area contributed by atoms with Gasteiger partial charge < -0.3 is 13.5 Å². The van der Waals surface area contributed by atoms with Crippen molar-refractivity contribution in [3.8, 4) is 0 Å². The van der Waals surface area contributed by atoms with Crippen LogP contribution in [-0.4, -0.2) is 27.3 Å². The molecule has 0 aromatic heterocycles. The number of hydrogen-bond acceptors (Lipinski definition) is 5. The van der Waals surface area contributed by atoms with Crippen LogP contribution in [0.5, 0.6) is 0 Å². The number of nitrogens with zero attached hydrogens (tertiary/aromatic N) is 2. The zero-order valence-electron chi connectivity index (χ0n) is 11.0. The van der Waals surface area contributed by atoms with Gasteiger partial charge >= 0.3 is 8.80 Å². The van der Waals surface area contributed by atoms with Gasteiger partial charge in [0, 0.05) is 13.7 Å². The lowest BCUT2D eigenvalue weighted by molar-refractivity contribution is 0.0898. The molecule has 6 heteroatoms. The molecule has 0 radical (unpaired) electrons. The summed E-state index contributed by atoms with van der Waals surface area (Å²) in [7, 11) is -1.21. The lowest BCUT2D eigenvalue weighted by Crippen LogP contribution is -2.38. The van der Waals surface area contributed by atoms with Crippen LogP contribution in [-0.2, 0) is 13.5 Å². The third-order valence-corrected chi connectivity index (χ3v) is 3.72. The fourth-order valence-corrected chi connectivity index (χ4v) is 1.37. The molecule has 0 heterocycles. The molecule has 0 atom stereocenters. The maximum absolute atomic E-state index is 5.30. The molecule has 0 unspecified atom stereocenters. The maximum atomic E-state index is 5.30. The Kier molecular flexibility index (Phi) is 6.99. The van der Waals surface area contributed by atoms with Gasteiger partial charge in [-0.25, -0.2) is 0 Å². The Balaban J connectivity index is 4.42. The average molecular weight is 246 g/mol. The van der Waals surface area contributed by atoms with Gasteiger partial charge in [-0.3, -0.25) is 0 Å². The van der Waals surface area contributed by atoms with Crippen LogP contribution in [0.25, 0.3) is 0 Å². The second-order valence-corrected chi connectivity index (χ2v) is 6.11. The van der Waals surface area contributed by atoms with Crippen molar-refractivity contribution >= 4 is 20.2 Å². The van der Waals surface area contributed by atoms with Gasteiger partial charge in [-0.1, -0.05) is 13.8 Å². The summed E-state index contributed by atoms with van der Waals surface area (Å²) in [5.41, 5.74) is 1.80. The molecule has 0 saturated carbocycles. The van der Waals surface area contributed by atoms with Crippen molar-refractivity contribution < 1.29 is 13.5 Å². The first kappa shape index (κ1) is 15.1. The molecule has 0 saturated heterocycles. The van der Waals surface area contributed by atoms with Crippen LogP contribution in [0.1, 0.15) is 40.5 Å². The van der Waals surface area contributed by atoms with E-state index in [1.54, 1.807) is 13.7 Å². The minimum absolute atomic E-state index is 0.839. The first-order valence-electron chi connectivity index (χ1n) is 5.45. The Labute approximate surface area is 98.8 Å². The molecule has 0 aliphatic carbocycles. The molecule has 5 nitrogen and oxygen atoms in total. The molecule has 0 fully saturated rings. The SMILES string of the molecule is CCC(C)=NO[Si](C)(OC)ON=C(C)CC. The predicted octanol–water partition coefficient (Wildman–Crippen LogP) is 2.81. The van der Waals surface area contributed by atoms with Crippen LogP contribution < -0.4 is 0 Å². The molecule has 0 spiro atoms. The first-order chi connectivity index (χ1) is 7.47. The highest BCUT2D eigenvalue weighted by Gasteiger charge is 2.40. The van der Waals surface area contributed by atoms with Crippen molar-refractivity contribution in [2.75, 3.05) is 7.11 Å². The average Bonchev–Trinajstić information content (AvgIpc) is 2.32. The Morgan fingerprint density at radius 1 is 1.00 bits per heavy atom. The minimum Gasteiger partial charge on any atom is -0.383 e. The van der Waals surface area contributed by atoms with E-state index in [9.17, 15) is 0 Å². The lowest BCUT2D eigenvalue weighted by atomic mass is 10.3. The lowest BCUT2D eigenvalue weighted by Gasteiger charge is -2.18. The zero-order valence-corrected chi connectivity index (χ0v) is 12.0. The largest absolute Gasteiger partial charge is 0.670 e. The molecule has 16 heavy (non-hydrogen) atoms. The highest BCUT2D eigenvalue weighted by atomic mass is 28.4. The van der Waals surface area contributed by atoms with E-state index in [-0.39, 0.29) is 0 Å². The van der Waals surface area contributed by atoms with Gasteiger partial charge in [0.1, 0.15) is 0 Å². The van der Waals surface area contributed by atoms with E-state index in [1.165, 1.54) is 0 Å². The van der Waals surface area contributed by atoms with Crippen LogP contribution >= 0.6 is 0 Å². The fourth-order valence-electron chi connectivity index (χ4n) is 0.542. The van der Waals surface area contributed by atoms with Gasteiger partial charge in [-0.2, -0.15) is 0 Å². The van der Waals surface area contributed by atoms with Gasteiger partial charge in [-0.15, -0.1) is 10.3 Å². The summed E-state index contributed by atoms with van der Waals surface area (Å²) in [6.07, 6.45) is 1.68. The van der Waals surface area contributed by atoms with E-state index in [2.05, 4.69) is 10.3 Å². The molecule has 94 valence electrons. The quantitative estimate of drug-likeness (QED) is 0.394. The van der Waals surface area contributed by atoms with E-state index in [0.717, 1.165) is 24.3 Å². The zero-order chi connectivity index (χ0) is 12.6. The second-order valence-electron chi connectivity index (χ2n) is 3.61. The molecule has 0 aromatic carbocycles. The van der Waals surface area contributed by atoms with Crippen molar-refractivity contribution in [3.63, 3.8) is 0 Å². The number of rotatable bonds is 7. The molecular formula is C10H22N2O3Si. The highest BCUT2D eigenvalue weighted by molar-refractivity contribution is 6.59. The molecule has 0 bridgehead atoms. The third kappa shape index (κ3) is 5.87. The van der Waals surface area contributed by atoms with E-state index in [1.807, 2.05) is 27.7 Å². The van der Waals surface area contributed by atoms with Gasteiger partial charge in [-0.05, 0) is 26.7 Å². The van der Waals surface area contributed by atoms with Crippen LogP contribution in [0.15, 0.2) is 10.3 Å². The topological polar surface area (TPSA) is 52.4 Å². The third-order valence-electron chi connectivity index (χ3n) is 2.13. The fraction of sp³-hybridized carbons (Fsp3) is 0.800. The Morgan fingerprint density at radius 3 is 1.62 bits per heavy atom. The van der Waals surface area contributed by atoms with Crippen molar-refractivity contribution in [3.05, 3.63) is 0 Å². The molecular weight excluding hydrogens is 224 g/mol. The van der Waals surface area contributed by atoms with E-state index in [0.29, 0.717) is 0 Å². The van der Waals surface area contributed by atoms with Crippen molar-refractivity contribution in [2.45, 2.75) is 47.1 Å².